The number of nitrogens with one attached hydrogen (secondary N) is 2. The maximum atomic E-state index is 14.0. The summed E-state index contributed by atoms with van der Waals surface area (Å²) in [5.74, 6) is 0.806. The SMILES string of the molecule is CCNC(=NCc1ccc(C(=O)N(C)C)cc1)NC1CCN(c2ncccc2F)C1.I. The number of aromatic nitrogens is 1. The minimum Gasteiger partial charge on any atom is -0.357 e. The van der Waals surface area contributed by atoms with Crippen molar-refractivity contribution in [3.8, 4) is 0 Å². The molecule has 0 radical (unpaired) electrons. The minimum atomic E-state index is -0.296. The van der Waals surface area contributed by atoms with Crippen molar-refractivity contribution >= 4 is 41.7 Å². The second kappa shape index (κ2) is 11.8. The zero-order valence-corrected chi connectivity index (χ0v) is 20.5. The van der Waals surface area contributed by atoms with Gasteiger partial charge in [0.25, 0.3) is 5.91 Å². The van der Waals surface area contributed by atoms with Crippen LogP contribution in [0.5, 0.6) is 0 Å². The molecule has 1 aromatic heterocycles. The number of benzene rings is 1. The molecule has 0 spiro atoms. The van der Waals surface area contributed by atoms with Gasteiger partial charge in [0, 0.05) is 51.5 Å². The number of nitrogens with zero attached hydrogens (tertiary/aromatic N) is 4. The van der Waals surface area contributed by atoms with Crippen molar-refractivity contribution in [2.24, 2.45) is 4.99 Å². The van der Waals surface area contributed by atoms with Crippen LogP contribution in [0.25, 0.3) is 0 Å². The van der Waals surface area contributed by atoms with Crippen LogP contribution in [-0.2, 0) is 6.54 Å². The molecule has 2 N–H and O–H groups in total. The highest BCUT2D eigenvalue weighted by Gasteiger charge is 2.25. The summed E-state index contributed by atoms with van der Waals surface area (Å²) in [4.78, 5) is 24.3. The third kappa shape index (κ3) is 6.78. The first kappa shape index (κ1) is 24.8. The number of guanidine groups is 1. The number of hydrogen-bond donors (Lipinski definition) is 2. The molecular formula is C22H30FIN6O. The summed E-state index contributed by atoms with van der Waals surface area (Å²) in [6.45, 7) is 4.67. The molecule has 1 aliphatic rings. The number of amides is 1. The van der Waals surface area contributed by atoms with E-state index in [4.69, 9.17) is 0 Å². The number of pyridine rings is 1. The lowest BCUT2D eigenvalue weighted by Gasteiger charge is -2.20. The van der Waals surface area contributed by atoms with E-state index < -0.39 is 0 Å². The van der Waals surface area contributed by atoms with E-state index in [1.54, 1.807) is 31.3 Å². The van der Waals surface area contributed by atoms with Gasteiger partial charge in [-0.3, -0.25) is 4.79 Å². The third-order valence-corrected chi connectivity index (χ3v) is 4.94. The molecule has 168 valence electrons. The second-order valence-corrected chi connectivity index (χ2v) is 7.48. The first-order valence-corrected chi connectivity index (χ1v) is 10.2. The molecule has 2 heterocycles. The van der Waals surface area contributed by atoms with Crippen LogP contribution in [-0.4, -0.2) is 61.5 Å². The van der Waals surface area contributed by atoms with Gasteiger partial charge < -0.3 is 20.4 Å². The molecule has 1 aliphatic heterocycles. The van der Waals surface area contributed by atoms with Crippen molar-refractivity contribution in [2.45, 2.75) is 25.9 Å². The predicted octanol–water partition coefficient (Wildman–Crippen LogP) is 2.87. The van der Waals surface area contributed by atoms with Crippen LogP contribution >= 0.6 is 24.0 Å². The van der Waals surface area contributed by atoms with E-state index in [0.29, 0.717) is 24.5 Å². The van der Waals surface area contributed by atoms with Crippen molar-refractivity contribution in [1.82, 2.24) is 20.5 Å². The minimum absolute atomic E-state index is 0. The predicted molar refractivity (Wildman–Crippen MR) is 133 cm³/mol. The molecule has 9 heteroatoms. The number of anilines is 1. The van der Waals surface area contributed by atoms with Crippen molar-refractivity contribution in [2.75, 3.05) is 38.6 Å². The quantitative estimate of drug-likeness (QED) is 0.335. The van der Waals surface area contributed by atoms with Crippen molar-refractivity contribution < 1.29 is 9.18 Å². The molecule has 0 bridgehead atoms. The fraction of sp³-hybridized carbons (Fsp3) is 0.409. The standard InChI is InChI=1S/C22H29FN6O.HI/c1-4-24-22(26-14-16-7-9-17(10-8-16)21(30)28(2)3)27-18-11-13-29(15-18)20-19(23)6-5-12-25-20;/h5-10,12,18H,4,11,13-15H2,1-3H3,(H2,24,26,27);1H. The van der Waals surface area contributed by atoms with Gasteiger partial charge in [-0.1, -0.05) is 12.1 Å². The molecule has 31 heavy (non-hydrogen) atoms. The van der Waals surface area contributed by atoms with Crippen molar-refractivity contribution in [3.05, 3.63) is 59.5 Å². The van der Waals surface area contributed by atoms with Crippen LogP contribution < -0.4 is 15.5 Å². The summed E-state index contributed by atoms with van der Waals surface area (Å²) >= 11 is 0. The molecule has 1 fully saturated rings. The summed E-state index contributed by atoms with van der Waals surface area (Å²) < 4.78 is 14.0. The molecule has 1 atom stereocenters. The van der Waals surface area contributed by atoms with Crippen LogP contribution in [0.4, 0.5) is 10.2 Å². The Hall–Kier alpha value is -2.43. The Bertz CT molecular complexity index is 890. The van der Waals surface area contributed by atoms with Crippen molar-refractivity contribution in [1.29, 1.82) is 0 Å². The molecule has 7 nitrogen and oxygen atoms in total. The first-order valence-electron chi connectivity index (χ1n) is 10.2. The smallest absolute Gasteiger partial charge is 0.253 e. The highest BCUT2D eigenvalue weighted by Crippen LogP contribution is 2.20. The fourth-order valence-corrected chi connectivity index (χ4v) is 3.38. The summed E-state index contributed by atoms with van der Waals surface area (Å²) in [6.07, 6.45) is 2.49. The van der Waals surface area contributed by atoms with E-state index >= 15 is 0 Å². The maximum absolute atomic E-state index is 14.0. The Labute approximate surface area is 200 Å². The van der Waals surface area contributed by atoms with Gasteiger partial charge in [0.1, 0.15) is 0 Å². The lowest BCUT2D eigenvalue weighted by molar-refractivity contribution is 0.0827. The molecule has 1 saturated heterocycles. The Balaban J connectivity index is 0.00000341. The van der Waals surface area contributed by atoms with Gasteiger partial charge in [-0.15, -0.1) is 24.0 Å². The van der Waals surface area contributed by atoms with Gasteiger partial charge in [-0.05, 0) is 43.2 Å². The second-order valence-electron chi connectivity index (χ2n) is 7.48. The average molecular weight is 540 g/mol. The summed E-state index contributed by atoms with van der Waals surface area (Å²) in [5.41, 5.74) is 1.68. The highest BCUT2D eigenvalue weighted by atomic mass is 127. The van der Waals surface area contributed by atoms with E-state index in [-0.39, 0.29) is 41.7 Å². The van der Waals surface area contributed by atoms with E-state index in [0.717, 1.165) is 31.0 Å². The summed E-state index contributed by atoms with van der Waals surface area (Å²) in [5, 5.41) is 6.70. The molecule has 1 aromatic carbocycles. The van der Waals surface area contributed by atoms with Gasteiger partial charge >= 0.3 is 0 Å². The Morgan fingerprint density at radius 1 is 1.29 bits per heavy atom. The lowest BCUT2D eigenvalue weighted by atomic mass is 10.1. The number of carbonyl (C=O) groups excluding carboxylic acids is 1. The first-order chi connectivity index (χ1) is 14.5. The maximum Gasteiger partial charge on any atom is 0.253 e. The summed E-state index contributed by atoms with van der Waals surface area (Å²) in [7, 11) is 3.47. The molecule has 1 unspecified atom stereocenters. The Kier molecular flexibility index (Phi) is 9.47. The average Bonchev–Trinajstić information content (AvgIpc) is 3.20. The normalized spacial score (nSPS) is 15.9. The third-order valence-electron chi connectivity index (χ3n) is 4.94. The van der Waals surface area contributed by atoms with Crippen LogP contribution in [0.2, 0.25) is 0 Å². The number of carbonyl (C=O) groups is 1. The molecule has 1 amide bonds. The van der Waals surface area contributed by atoms with Gasteiger partial charge in [0.05, 0.1) is 6.54 Å². The molecule has 3 rings (SSSR count). The molecule has 0 saturated carbocycles. The van der Waals surface area contributed by atoms with Gasteiger partial charge in [-0.25, -0.2) is 14.4 Å². The highest BCUT2D eigenvalue weighted by molar-refractivity contribution is 14.0. The van der Waals surface area contributed by atoms with Crippen LogP contribution in [0.1, 0.15) is 29.3 Å². The number of aliphatic imine (C=N–C) groups is 1. The zero-order chi connectivity index (χ0) is 21.5. The van der Waals surface area contributed by atoms with E-state index in [1.165, 1.54) is 6.07 Å². The van der Waals surface area contributed by atoms with E-state index in [1.807, 2.05) is 36.1 Å². The van der Waals surface area contributed by atoms with Gasteiger partial charge in [-0.2, -0.15) is 0 Å². The zero-order valence-electron chi connectivity index (χ0n) is 18.1. The Morgan fingerprint density at radius 3 is 2.68 bits per heavy atom. The van der Waals surface area contributed by atoms with Crippen LogP contribution in [0.3, 0.4) is 0 Å². The van der Waals surface area contributed by atoms with Crippen LogP contribution in [0, 0.1) is 5.82 Å². The van der Waals surface area contributed by atoms with Gasteiger partial charge in [0.2, 0.25) is 0 Å². The molecule has 0 aliphatic carbocycles. The van der Waals surface area contributed by atoms with E-state index in [2.05, 4.69) is 20.6 Å². The lowest BCUT2D eigenvalue weighted by Crippen LogP contribution is -2.44. The van der Waals surface area contributed by atoms with Gasteiger partial charge in [0.15, 0.2) is 17.6 Å². The summed E-state index contributed by atoms with van der Waals surface area (Å²) in [6, 6.07) is 10.7. The molecule has 2 aromatic rings. The van der Waals surface area contributed by atoms with Crippen LogP contribution in [0.15, 0.2) is 47.6 Å². The monoisotopic (exact) mass is 540 g/mol. The molecular weight excluding hydrogens is 510 g/mol. The fourth-order valence-electron chi connectivity index (χ4n) is 3.38. The topological polar surface area (TPSA) is 72.9 Å². The van der Waals surface area contributed by atoms with E-state index in [9.17, 15) is 9.18 Å². The number of halogens is 2. The van der Waals surface area contributed by atoms with Crippen molar-refractivity contribution in [3.63, 3.8) is 0 Å². The largest absolute Gasteiger partial charge is 0.357 e. The Morgan fingerprint density at radius 2 is 2.03 bits per heavy atom. The number of hydrogen-bond acceptors (Lipinski definition) is 4. The number of rotatable bonds is 6.